The number of halogens is 1. The predicted octanol–water partition coefficient (Wildman–Crippen LogP) is 3.23. The minimum atomic E-state index is -3.28. The molecule has 1 spiro atoms. The van der Waals surface area contributed by atoms with Crippen LogP contribution in [-0.4, -0.2) is 47.9 Å². The van der Waals surface area contributed by atoms with E-state index in [0.717, 1.165) is 32.2 Å². The van der Waals surface area contributed by atoms with Crippen molar-refractivity contribution in [1.29, 1.82) is 0 Å². The van der Waals surface area contributed by atoms with Crippen molar-refractivity contribution in [3.8, 4) is 0 Å². The average Bonchev–Trinajstić information content (AvgIpc) is 2.98. The van der Waals surface area contributed by atoms with Crippen molar-refractivity contribution >= 4 is 48.3 Å². The highest BCUT2D eigenvalue weighted by Crippen LogP contribution is 2.48. The number of carbonyl (C=O) groups is 1. The van der Waals surface area contributed by atoms with Crippen LogP contribution in [0, 0.1) is 0 Å². The van der Waals surface area contributed by atoms with Crippen molar-refractivity contribution in [1.82, 2.24) is 14.3 Å². The summed E-state index contributed by atoms with van der Waals surface area (Å²) in [7, 11) is -3.28. The molecule has 1 fully saturated rings. The van der Waals surface area contributed by atoms with Crippen LogP contribution in [0.1, 0.15) is 24.1 Å². The number of hydrogen-bond acceptors (Lipinski definition) is 5. The van der Waals surface area contributed by atoms with Gasteiger partial charge in [0, 0.05) is 35.3 Å². The zero-order chi connectivity index (χ0) is 21.8. The van der Waals surface area contributed by atoms with E-state index in [0.29, 0.717) is 32.5 Å². The Balaban J connectivity index is 1.52. The predicted molar refractivity (Wildman–Crippen MR) is 122 cm³/mol. The number of pyridine rings is 2. The molecule has 0 unspecified atom stereocenters. The van der Waals surface area contributed by atoms with E-state index in [2.05, 4.69) is 25.9 Å². The van der Waals surface area contributed by atoms with Gasteiger partial charge < -0.3 is 4.90 Å². The maximum absolute atomic E-state index is 13.8. The third kappa shape index (κ3) is 3.26. The third-order valence-electron chi connectivity index (χ3n) is 6.42. The second kappa shape index (κ2) is 7.36. The summed E-state index contributed by atoms with van der Waals surface area (Å²) >= 11 is 3.68. The fraction of sp³-hybridized carbons (Fsp3) is 0.318. The summed E-state index contributed by atoms with van der Waals surface area (Å²) in [4.78, 5) is 24.4. The molecule has 0 saturated carbocycles. The topological polar surface area (TPSA) is 83.5 Å². The fourth-order valence-corrected chi connectivity index (χ4v) is 6.19. The number of amides is 1. The number of hydrogen-bond donors (Lipinski definition) is 0. The first-order chi connectivity index (χ1) is 14.8. The quantitative estimate of drug-likeness (QED) is 0.551. The number of nitrogens with zero attached hydrogens (tertiary/aromatic N) is 4. The number of anilines is 1. The Labute approximate surface area is 189 Å². The van der Waals surface area contributed by atoms with E-state index < -0.39 is 15.4 Å². The summed E-state index contributed by atoms with van der Waals surface area (Å²) in [5, 5.41) is 2.07. The van der Waals surface area contributed by atoms with Crippen molar-refractivity contribution in [3.05, 3.63) is 64.7 Å². The third-order valence-corrected chi connectivity index (χ3v) is 8.61. The molecule has 2 aliphatic rings. The molecule has 4 heterocycles. The van der Waals surface area contributed by atoms with E-state index in [9.17, 15) is 13.2 Å². The summed E-state index contributed by atoms with van der Waals surface area (Å²) in [6, 6.07) is 9.86. The molecule has 1 saturated heterocycles. The molecule has 2 aliphatic heterocycles. The lowest BCUT2D eigenvalue weighted by atomic mass is 9.74. The number of rotatable bonds is 3. The van der Waals surface area contributed by atoms with E-state index >= 15 is 0 Å². The van der Waals surface area contributed by atoms with E-state index in [1.54, 1.807) is 17.3 Å². The molecule has 1 aromatic carbocycles. The molecule has 0 bridgehead atoms. The molecule has 2 aromatic heterocycles. The minimum absolute atomic E-state index is 0.00879. The molecular formula is C22H21BrN4O3S. The number of fused-ring (bicyclic) bond motifs is 3. The number of piperidine rings is 1. The van der Waals surface area contributed by atoms with Crippen LogP contribution in [0.3, 0.4) is 0 Å². The Morgan fingerprint density at radius 3 is 2.61 bits per heavy atom. The molecule has 0 atom stereocenters. The van der Waals surface area contributed by atoms with Crippen molar-refractivity contribution in [2.45, 2.75) is 24.8 Å². The van der Waals surface area contributed by atoms with Crippen LogP contribution in [0.15, 0.2) is 53.4 Å². The lowest BCUT2D eigenvalue weighted by molar-refractivity contribution is -0.124. The van der Waals surface area contributed by atoms with Gasteiger partial charge in [0.1, 0.15) is 0 Å². The maximum Gasteiger partial charge on any atom is 0.238 e. The number of aromatic nitrogens is 2. The fourth-order valence-electron chi connectivity index (χ4n) is 4.76. The molecule has 0 N–H and O–H groups in total. The van der Waals surface area contributed by atoms with Crippen LogP contribution >= 0.6 is 15.9 Å². The highest BCUT2D eigenvalue weighted by atomic mass is 79.9. The van der Waals surface area contributed by atoms with Crippen LogP contribution in [0.25, 0.3) is 10.8 Å². The molecule has 31 heavy (non-hydrogen) atoms. The summed E-state index contributed by atoms with van der Waals surface area (Å²) in [5.41, 5.74) is 1.76. The minimum Gasteiger partial charge on any atom is -0.304 e. The van der Waals surface area contributed by atoms with Gasteiger partial charge in [0.2, 0.25) is 15.9 Å². The van der Waals surface area contributed by atoms with Gasteiger partial charge in [-0.15, -0.1) is 0 Å². The standard InChI is InChI=1S/C22H21BrN4O3S/c1-31(29,30)26-10-7-22(8-11-26)17-6-9-24-13-19(17)27(21(22)28)14-18-20(23)16-5-3-2-4-15(16)12-25-18/h2-6,9,12-13H,7-8,10-11,14H2,1H3. The second-order valence-electron chi connectivity index (χ2n) is 8.13. The van der Waals surface area contributed by atoms with E-state index in [1.807, 2.05) is 36.5 Å². The van der Waals surface area contributed by atoms with Gasteiger partial charge in [-0.25, -0.2) is 12.7 Å². The summed E-state index contributed by atoms with van der Waals surface area (Å²) in [6.07, 6.45) is 7.37. The average molecular weight is 501 g/mol. The zero-order valence-electron chi connectivity index (χ0n) is 17.0. The maximum atomic E-state index is 13.8. The van der Waals surface area contributed by atoms with Gasteiger partial charge in [-0.2, -0.15) is 0 Å². The van der Waals surface area contributed by atoms with E-state index in [4.69, 9.17) is 0 Å². The first kappa shape index (κ1) is 20.5. The Bertz CT molecular complexity index is 1300. The van der Waals surface area contributed by atoms with Crippen molar-refractivity contribution < 1.29 is 13.2 Å². The molecule has 160 valence electrons. The van der Waals surface area contributed by atoms with E-state index in [-0.39, 0.29) is 5.91 Å². The summed E-state index contributed by atoms with van der Waals surface area (Å²) < 4.78 is 26.3. The molecule has 3 aromatic rings. The molecule has 1 amide bonds. The van der Waals surface area contributed by atoms with Crippen molar-refractivity contribution in [2.75, 3.05) is 24.2 Å². The highest BCUT2D eigenvalue weighted by molar-refractivity contribution is 9.10. The number of carbonyl (C=O) groups excluding carboxylic acids is 1. The van der Waals surface area contributed by atoms with Gasteiger partial charge in [-0.3, -0.25) is 14.8 Å². The second-order valence-corrected chi connectivity index (χ2v) is 10.9. The molecule has 7 nitrogen and oxygen atoms in total. The normalized spacial score (nSPS) is 18.6. The smallest absolute Gasteiger partial charge is 0.238 e. The van der Waals surface area contributed by atoms with Gasteiger partial charge in [-0.05, 0) is 45.8 Å². The lowest BCUT2D eigenvalue weighted by Gasteiger charge is -2.37. The Kier molecular flexibility index (Phi) is 4.87. The molecule has 0 radical (unpaired) electrons. The van der Waals surface area contributed by atoms with Crippen LogP contribution < -0.4 is 4.90 Å². The van der Waals surface area contributed by atoms with Gasteiger partial charge in [-0.1, -0.05) is 24.3 Å². The molecule has 9 heteroatoms. The van der Waals surface area contributed by atoms with Gasteiger partial charge in [0.05, 0.1) is 35.8 Å². The zero-order valence-corrected chi connectivity index (χ0v) is 19.4. The number of sulfonamides is 1. The van der Waals surface area contributed by atoms with Crippen molar-refractivity contribution in [3.63, 3.8) is 0 Å². The van der Waals surface area contributed by atoms with Crippen LogP contribution in [0.5, 0.6) is 0 Å². The molecule has 5 rings (SSSR count). The highest BCUT2D eigenvalue weighted by Gasteiger charge is 2.52. The van der Waals surface area contributed by atoms with E-state index in [1.165, 1.54) is 10.6 Å². The van der Waals surface area contributed by atoms with Gasteiger partial charge >= 0.3 is 0 Å². The van der Waals surface area contributed by atoms with Crippen LogP contribution in [-0.2, 0) is 26.8 Å². The first-order valence-corrected chi connectivity index (χ1v) is 12.7. The monoisotopic (exact) mass is 500 g/mol. The van der Waals surface area contributed by atoms with Crippen LogP contribution in [0.2, 0.25) is 0 Å². The molecular weight excluding hydrogens is 480 g/mol. The first-order valence-electron chi connectivity index (χ1n) is 10.0. The largest absolute Gasteiger partial charge is 0.304 e. The SMILES string of the molecule is CS(=O)(=O)N1CCC2(CC1)C(=O)N(Cc1ncc3ccccc3c1Br)c1cnccc12. The summed E-state index contributed by atoms with van der Waals surface area (Å²) in [6.45, 7) is 0.983. The summed E-state index contributed by atoms with van der Waals surface area (Å²) in [5.74, 6) is -0.00879. The molecule has 0 aliphatic carbocycles. The Hall–Kier alpha value is -2.36. The van der Waals surface area contributed by atoms with Crippen molar-refractivity contribution in [2.24, 2.45) is 0 Å². The Morgan fingerprint density at radius 1 is 1.13 bits per heavy atom. The lowest BCUT2D eigenvalue weighted by Crippen LogP contribution is -2.49. The van der Waals surface area contributed by atoms with Gasteiger partial charge in [0.25, 0.3) is 0 Å². The van der Waals surface area contributed by atoms with Gasteiger partial charge in [0.15, 0.2) is 0 Å². The van der Waals surface area contributed by atoms with Crippen LogP contribution in [0.4, 0.5) is 5.69 Å². The number of benzene rings is 1. The Morgan fingerprint density at radius 2 is 1.87 bits per heavy atom.